The summed E-state index contributed by atoms with van der Waals surface area (Å²) in [7, 11) is 1.62. The number of hydrogen-bond donors (Lipinski definition) is 2. The van der Waals surface area contributed by atoms with E-state index in [2.05, 4.69) is 5.32 Å². The highest BCUT2D eigenvalue weighted by Gasteiger charge is 2.06. The van der Waals surface area contributed by atoms with Crippen molar-refractivity contribution in [2.24, 2.45) is 0 Å². The molecular weight excluding hydrogens is 266 g/mol. The molecular formula is C13H17NO4S. The van der Waals surface area contributed by atoms with Crippen LogP contribution in [-0.4, -0.2) is 43.0 Å². The van der Waals surface area contributed by atoms with Gasteiger partial charge in [0.1, 0.15) is 0 Å². The molecule has 2 N–H and O–H groups in total. The number of benzene rings is 1. The van der Waals surface area contributed by atoms with Crippen LogP contribution in [0.1, 0.15) is 16.8 Å². The lowest BCUT2D eigenvalue weighted by atomic mass is 10.2. The van der Waals surface area contributed by atoms with Gasteiger partial charge in [0.15, 0.2) is 0 Å². The van der Waals surface area contributed by atoms with Crippen molar-refractivity contribution in [1.82, 2.24) is 5.32 Å². The normalized spacial score (nSPS) is 10.2. The third-order valence-corrected chi connectivity index (χ3v) is 3.29. The van der Waals surface area contributed by atoms with E-state index in [1.54, 1.807) is 25.3 Å². The van der Waals surface area contributed by atoms with Crippen molar-refractivity contribution >= 4 is 23.6 Å². The van der Waals surface area contributed by atoms with Gasteiger partial charge < -0.3 is 15.2 Å². The number of ether oxygens (including phenoxy) is 1. The van der Waals surface area contributed by atoms with E-state index >= 15 is 0 Å². The van der Waals surface area contributed by atoms with Gasteiger partial charge >= 0.3 is 5.97 Å². The maximum Gasteiger partial charge on any atom is 0.335 e. The van der Waals surface area contributed by atoms with Crippen molar-refractivity contribution in [1.29, 1.82) is 0 Å². The van der Waals surface area contributed by atoms with Crippen molar-refractivity contribution in [2.45, 2.75) is 11.3 Å². The number of carboxylic acids is 1. The molecule has 0 bridgehead atoms. The number of carboxylic acid groups (broad SMARTS) is 1. The highest BCUT2D eigenvalue weighted by atomic mass is 32.2. The van der Waals surface area contributed by atoms with E-state index in [9.17, 15) is 9.59 Å². The first-order chi connectivity index (χ1) is 9.13. The summed E-state index contributed by atoms with van der Waals surface area (Å²) in [5, 5.41) is 11.6. The van der Waals surface area contributed by atoms with Gasteiger partial charge in [-0.2, -0.15) is 0 Å². The molecule has 0 saturated carbocycles. The molecule has 0 heterocycles. The maximum absolute atomic E-state index is 11.5. The zero-order valence-corrected chi connectivity index (χ0v) is 11.5. The smallest absolute Gasteiger partial charge is 0.335 e. The quantitative estimate of drug-likeness (QED) is 0.560. The Morgan fingerprint density at radius 1 is 1.42 bits per heavy atom. The van der Waals surface area contributed by atoms with Crippen LogP contribution in [0, 0.1) is 0 Å². The predicted molar refractivity (Wildman–Crippen MR) is 73.6 cm³/mol. The topological polar surface area (TPSA) is 75.6 Å². The molecule has 1 aromatic rings. The molecule has 0 fully saturated rings. The minimum Gasteiger partial charge on any atom is -0.478 e. The lowest BCUT2D eigenvalue weighted by Crippen LogP contribution is -2.26. The number of nitrogens with one attached hydrogen (secondary N) is 1. The van der Waals surface area contributed by atoms with Crippen LogP contribution in [0.4, 0.5) is 0 Å². The predicted octanol–water partition coefficient (Wildman–Crippen LogP) is 1.63. The molecule has 104 valence electrons. The zero-order valence-electron chi connectivity index (χ0n) is 10.7. The second-order valence-electron chi connectivity index (χ2n) is 3.82. The number of thioether (sulfide) groups is 1. The Bertz CT molecular complexity index is 436. The first-order valence-electron chi connectivity index (χ1n) is 5.85. The van der Waals surface area contributed by atoms with Crippen LogP contribution in [0.5, 0.6) is 0 Å². The van der Waals surface area contributed by atoms with Gasteiger partial charge in [0.25, 0.3) is 0 Å². The first-order valence-corrected chi connectivity index (χ1v) is 6.84. The summed E-state index contributed by atoms with van der Waals surface area (Å²) in [5.41, 5.74) is 0.227. The van der Waals surface area contributed by atoms with Gasteiger partial charge in [-0.15, -0.1) is 11.8 Å². The van der Waals surface area contributed by atoms with E-state index in [0.717, 1.165) is 11.3 Å². The van der Waals surface area contributed by atoms with Crippen LogP contribution < -0.4 is 5.32 Å². The first kappa shape index (κ1) is 15.5. The average molecular weight is 283 g/mol. The number of hydrogen-bond acceptors (Lipinski definition) is 4. The number of methoxy groups -OCH3 is 1. The molecule has 0 aliphatic heterocycles. The van der Waals surface area contributed by atoms with Crippen molar-refractivity contribution in [2.75, 3.05) is 26.0 Å². The SMILES string of the molecule is COCCCNC(=O)CSc1cccc(C(=O)O)c1. The average Bonchev–Trinajstić information content (AvgIpc) is 2.41. The molecule has 0 aromatic heterocycles. The molecule has 0 atom stereocenters. The van der Waals surface area contributed by atoms with Crippen LogP contribution in [0.3, 0.4) is 0 Å². The van der Waals surface area contributed by atoms with Crippen molar-refractivity contribution in [3.8, 4) is 0 Å². The Balaban J connectivity index is 2.33. The lowest BCUT2D eigenvalue weighted by molar-refractivity contribution is -0.118. The fourth-order valence-electron chi connectivity index (χ4n) is 1.36. The van der Waals surface area contributed by atoms with Gasteiger partial charge in [-0.25, -0.2) is 4.79 Å². The molecule has 1 aromatic carbocycles. The standard InChI is InChI=1S/C13H17NO4S/c1-18-7-3-6-14-12(15)9-19-11-5-2-4-10(8-11)13(16)17/h2,4-5,8H,3,6-7,9H2,1H3,(H,14,15)(H,16,17). The molecule has 1 rings (SSSR count). The molecule has 0 unspecified atom stereocenters. The van der Waals surface area contributed by atoms with Crippen LogP contribution >= 0.6 is 11.8 Å². The molecule has 5 nitrogen and oxygen atoms in total. The number of aromatic carboxylic acids is 1. The number of carbonyl (C=O) groups excluding carboxylic acids is 1. The van der Waals surface area contributed by atoms with Crippen molar-refractivity contribution < 1.29 is 19.4 Å². The molecule has 0 aliphatic rings. The van der Waals surface area contributed by atoms with Crippen LogP contribution in [0.15, 0.2) is 29.2 Å². The third-order valence-electron chi connectivity index (χ3n) is 2.30. The number of amides is 1. The van der Waals surface area contributed by atoms with E-state index in [0.29, 0.717) is 13.2 Å². The second kappa shape index (κ2) is 8.55. The van der Waals surface area contributed by atoms with Crippen molar-refractivity contribution in [3.05, 3.63) is 29.8 Å². The van der Waals surface area contributed by atoms with Gasteiger partial charge in [0.05, 0.1) is 11.3 Å². The number of carbonyl (C=O) groups is 2. The molecule has 0 spiro atoms. The Morgan fingerprint density at radius 2 is 2.21 bits per heavy atom. The summed E-state index contributed by atoms with van der Waals surface area (Å²) in [5.74, 6) is -0.760. The van der Waals surface area contributed by atoms with Gasteiger partial charge in [-0.05, 0) is 24.6 Å². The summed E-state index contributed by atoms with van der Waals surface area (Å²) in [6.45, 7) is 1.20. The Morgan fingerprint density at radius 3 is 2.89 bits per heavy atom. The minimum absolute atomic E-state index is 0.0677. The van der Waals surface area contributed by atoms with Crippen LogP contribution in [0.2, 0.25) is 0 Å². The van der Waals surface area contributed by atoms with E-state index in [1.165, 1.54) is 17.8 Å². The van der Waals surface area contributed by atoms with Gasteiger partial charge in [0, 0.05) is 25.2 Å². The summed E-state index contributed by atoms with van der Waals surface area (Å²) in [4.78, 5) is 23.1. The molecule has 0 aliphatic carbocycles. The summed E-state index contributed by atoms with van der Waals surface area (Å²) in [6.07, 6.45) is 0.779. The Kier molecular flexibility index (Phi) is 6.99. The second-order valence-corrected chi connectivity index (χ2v) is 4.87. The minimum atomic E-state index is -0.966. The molecule has 19 heavy (non-hydrogen) atoms. The van der Waals surface area contributed by atoms with Crippen LogP contribution in [-0.2, 0) is 9.53 Å². The number of rotatable bonds is 8. The highest BCUT2D eigenvalue weighted by Crippen LogP contribution is 2.18. The summed E-state index contributed by atoms with van der Waals surface area (Å²) in [6, 6.07) is 6.54. The van der Waals surface area contributed by atoms with E-state index in [4.69, 9.17) is 9.84 Å². The monoisotopic (exact) mass is 283 g/mol. The molecule has 6 heteroatoms. The third kappa shape index (κ3) is 6.26. The lowest BCUT2D eigenvalue weighted by Gasteiger charge is -2.05. The Labute approximate surface area is 116 Å². The van der Waals surface area contributed by atoms with Gasteiger partial charge in [0.2, 0.25) is 5.91 Å². The largest absolute Gasteiger partial charge is 0.478 e. The van der Waals surface area contributed by atoms with Gasteiger partial charge in [-0.1, -0.05) is 6.07 Å². The van der Waals surface area contributed by atoms with E-state index in [1.807, 2.05) is 0 Å². The van der Waals surface area contributed by atoms with Crippen LogP contribution in [0.25, 0.3) is 0 Å². The van der Waals surface area contributed by atoms with E-state index in [-0.39, 0.29) is 17.2 Å². The zero-order chi connectivity index (χ0) is 14.1. The maximum atomic E-state index is 11.5. The molecule has 1 amide bonds. The van der Waals surface area contributed by atoms with E-state index < -0.39 is 5.97 Å². The molecule has 0 radical (unpaired) electrons. The Hall–Kier alpha value is -1.53. The fourth-order valence-corrected chi connectivity index (χ4v) is 2.15. The highest BCUT2D eigenvalue weighted by molar-refractivity contribution is 8.00. The summed E-state index contributed by atoms with van der Waals surface area (Å²) >= 11 is 1.32. The molecule has 0 saturated heterocycles. The van der Waals surface area contributed by atoms with Crippen molar-refractivity contribution in [3.63, 3.8) is 0 Å². The fraction of sp³-hybridized carbons (Fsp3) is 0.385. The summed E-state index contributed by atoms with van der Waals surface area (Å²) < 4.78 is 4.88. The van der Waals surface area contributed by atoms with Gasteiger partial charge in [-0.3, -0.25) is 4.79 Å².